The van der Waals surface area contributed by atoms with Crippen LogP contribution in [-0.2, 0) is 24.4 Å². The number of aliphatic imine (C=N–C) groups is 1. The first kappa shape index (κ1) is 20.6. The average Bonchev–Trinajstić information content (AvgIpc) is 3.24. The second-order valence-corrected chi connectivity index (χ2v) is 6.46. The lowest BCUT2D eigenvalue weighted by molar-refractivity contribution is 0.133. The van der Waals surface area contributed by atoms with Crippen molar-refractivity contribution in [1.29, 1.82) is 0 Å². The Hall–Kier alpha value is -3.12. The van der Waals surface area contributed by atoms with Gasteiger partial charge in [0.25, 0.3) is 0 Å². The number of hydrogen-bond donors (Lipinski definition) is 2. The molecule has 1 heterocycles. The van der Waals surface area contributed by atoms with Crippen molar-refractivity contribution in [2.24, 2.45) is 4.99 Å². The summed E-state index contributed by atoms with van der Waals surface area (Å²) in [5.41, 5.74) is 4.11. The molecular formula is C23H28N4O2. The van der Waals surface area contributed by atoms with E-state index in [1.807, 2.05) is 56.3 Å². The van der Waals surface area contributed by atoms with Gasteiger partial charge in [-0.05, 0) is 37.1 Å². The molecule has 152 valence electrons. The van der Waals surface area contributed by atoms with Crippen LogP contribution in [0, 0.1) is 0 Å². The minimum atomic E-state index is 0.531. The Morgan fingerprint density at radius 1 is 1.00 bits per heavy atom. The van der Waals surface area contributed by atoms with E-state index in [1.165, 1.54) is 0 Å². The lowest BCUT2D eigenvalue weighted by Crippen LogP contribution is -2.36. The molecular weight excluding hydrogens is 364 g/mol. The Labute approximate surface area is 172 Å². The minimum Gasteiger partial charge on any atom is -0.444 e. The van der Waals surface area contributed by atoms with Crippen LogP contribution in [0.25, 0.3) is 11.5 Å². The first-order chi connectivity index (χ1) is 14.3. The monoisotopic (exact) mass is 392 g/mol. The van der Waals surface area contributed by atoms with E-state index in [-0.39, 0.29) is 0 Å². The highest BCUT2D eigenvalue weighted by atomic mass is 16.5. The molecule has 6 nitrogen and oxygen atoms in total. The molecule has 0 aliphatic rings. The van der Waals surface area contributed by atoms with Crippen LogP contribution in [0.4, 0.5) is 0 Å². The molecule has 0 radical (unpaired) electrons. The SMILES string of the molecule is CCNC(=NCc1ccccc1COCC)NCc1coc(-c2ccccc2)n1. The van der Waals surface area contributed by atoms with E-state index in [0.717, 1.165) is 34.9 Å². The van der Waals surface area contributed by atoms with E-state index in [4.69, 9.17) is 14.1 Å². The fraction of sp³-hybridized carbons (Fsp3) is 0.304. The molecule has 29 heavy (non-hydrogen) atoms. The highest BCUT2D eigenvalue weighted by Gasteiger charge is 2.07. The summed E-state index contributed by atoms with van der Waals surface area (Å²) >= 11 is 0. The standard InChI is InChI=1S/C23H28N4O2/c1-3-24-23(25-14-19-12-8-9-13-20(19)16-28-4-2)26-15-21-17-29-22(27-21)18-10-6-5-7-11-18/h5-13,17H,3-4,14-16H2,1-2H3,(H2,24,25,26). The van der Waals surface area contributed by atoms with E-state index in [1.54, 1.807) is 6.26 Å². The molecule has 2 aromatic carbocycles. The summed E-state index contributed by atoms with van der Waals surface area (Å²) in [6, 6.07) is 18.1. The lowest BCUT2D eigenvalue weighted by atomic mass is 10.1. The van der Waals surface area contributed by atoms with Crippen LogP contribution >= 0.6 is 0 Å². The molecule has 0 saturated carbocycles. The summed E-state index contributed by atoms with van der Waals surface area (Å²) in [6.45, 7) is 7.23. The molecule has 0 saturated heterocycles. The molecule has 0 aliphatic carbocycles. The van der Waals surface area contributed by atoms with Crippen molar-refractivity contribution in [3.8, 4) is 11.5 Å². The fourth-order valence-corrected chi connectivity index (χ4v) is 2.85. The van der Waals surface area contributed by atoms with Gasteiger partial charge >= 0.3 is 0 Å². The second kappa shape index (κ2) is 11.0. The molecule has 0 fully saturated rings. The van der Waals surface area contributed by atoms with Gasteiger partial charge < -0.3 is 19.8 Å². The van der Waals surface area contributed by atoms with Crippen LogP contribution < -0.4 is 10.6 Å². The molecule has 1 aromatic heterocycles. The first-order valence-corrected chi connectivity index (χ1v) is 9.96. The van der Waals surface area contributed by atoms with Crippen molar-refractivity contribution < 1.29 is 9.15 Å². The zero-order valence-corrected chi connectivity index (χ0v) is 17.0. The van der Waals surface area contributed by atoms with Gasteiger partial charge in [0.2, 0.25) is 5.89 Å². The summed E-state index contributed by atoms with van der Waals surface area (Å²) in [4.78, 5) is 9.26. The van der Waals surface area contributed by atoms with Gasteiger partial charge in [0.05, 0.1) is 25.4 Å². The Morgan fingerprint density at radius 2 is 1.76 bits per heavy atom. The van der Waals surface area contributed by atoms with Gasteiger partial charge in [-0.25, -0.2) is 9.98 Å². The van der Waals surface area contributed by atoms with Crippen molar-refractivity contribution >= 4 is 5.96 Å². The molecule has 0 atom stereocenters. The number of ether oxygens (including phenoxy) is 1. The molecule has 3 aromatic rings. The third-order valence-electron chi connectivity index (χ3n) is 4.34. The van der Waals surface area contributed by atoms with Crippen molar-refractivity contribution in [3.63, 3.8) is 0 Å². The van der Waals surface area contributed by atoms with Gasteiger partial charge in [-0.1, -0.05) is 42.5 Å². The van der Waals surface area contributed by atoms with Gasteiger partial charge in [-0.2, -0.15) is 0 Å². The van der Waals surface area contributed by atoms with E-state index >= 15 is 0 Å². The van der Waals surface area contributed by atoms with Gasteiger partial charge in [-0.15, -0.1) is 0 Å². The van der Waals surface area contributed by atoms with Crippen LogP contribution in [0.2, 0.25) is 0 Å². The molecule has 0 spiro atoms. The van der Waals surface area contributed by atoms with E-state index < -0.39 is 0 Å². The largest absolute Gasteiger partial charge is 0.444 e. The molecule has 0 amide bonds. The van der Waals surface area contributed by atoms with E-state index in [9.17, 15) is 0 Å². The van der Waals surface area contributed by atoms with Gasteiger partial charge in [0, 0.05) is 18.7 Å². The number of nitrogens with zero attached hydrogens (tertiary/aromatic N) is 2. The van der Waals surface area contributed by atoms with Crippen LogP contribution in [-0.4, -0.2) is 24.1 Å². The van der Waals surface area contributed by atoms with Crippen molar-refractivity contribution in [2.75, 3.05) is 13.2 Å². The summed E-state index contributed by atoms with van der Waals surface area (Å²) in [5, 5.41) is 6.59. The van der Waals surface area contributed by atoms with Crippen LogP contribution in [0.3, 0.4) is 0 Å². The summed E-state index contributed by atoms with van der Waals surface area (Å²) in [6.07, 6.45) is 1.68. The van der Waals surface area contributed by atoms with E-state index in [0.29, 0.717) is 32.2 Å². The smallest absolute Gasteiger partial charge is 0.226 e. The van der Waals surface area contributed by atoms with Crippen molar-refractivity contribution in [1.82, 2.24) is 15.6 Å². The number of oxazole rings is 1. The zero-order chi connectivity index (χ0) is 20.3. The minimum absolute atomic E-state index is 0.531. The average molecular weight is 393 g/mol. The third-order valence-corrected chi connectivity index (χ3v) is 4.34. The predicted molar refractivity (Wildman–Crippen MR) is 115 cm³/mol. The Balaban J connectivity index is 1.63. The second-order valence-electron chi connectivity index (χ2n) is 6.46. The number of rotatable bonds is 9. The highest BCUT2D eigenvalue weighted by Crippen LogP contribution is 2.17. The number of nitrogens with one attached hydrogen (secondary N) is 2. The zero-order valence-electron chi connectivity index (χ0n) is 17.0. The number of benzene rings is 2. The third kappa shape index (κ3) is 6.19. The van der Waals surface area contributed by atoms with Crippen LogP contribution in [0.1, 0.15) is 30.7 Å². The number of guanidine groups is 1. The van der Waals surface area contributed by atoms with Gasteiger partial charge in [-0.3, -0.25) is 0 Å². The topological polar surface area (TPSA) is 71.7 Å². The summed E-state index contributed by atoms with van der Waals surface area (Å²) < 4.78 is 11.2. The van der Waals surface area contributed by atoms with E-state index in [2.05, 4.69) is 27.8 Å². The highest BCUT2D eigenvalue weighted by molar-refractivity contribution is 5.79. The molecule has 6 heteroatoms. The Kier molecular flexibility index (Phi) is 7.83. The summed E-state index contributed by atoms with van der Waals surface area (Å²) in [5.74, 6) is 1.36. The van der Waals surface area contributed by atoms with Crippen LogP contribution in [0.15, 0.2) is 70.3 Å². The lowest BCUT2D eigenvalue weighted by Gasteiger charge is -2.11. The molecule has 0 unspecified atom stereocenters. The van der Waals surface area contributed by atoms with Gasteiger partial charge in [0.15, 0.2) is 5.96 Å². The normalized spacial score (nSPS) is 11.4. The maximum atomic E-state index is 5.60. The number of hydrogen-bond acceptors (Lipinski definition) is 4. The first-order valence-electron chi connectivity index (χ1n) is 9.96. The maximum absolute atomic E-state index is 5.60. The van der Waals surface area contributed by atoms with Gasteiger partial charge in [0.1, 0.15) is 6.26 Å². The quantitative estimate of drug-likeness (QED) is 0.423. The summed E-state index contributed by atoms with van der Waals surface area (Å²) in [7, 11) is 0. The van der Waals surface area contributed by atoms with Crippen molar-refractivity contribution in [3.05, 3.63) is 77.7 Å². The fourth-order valence-electron chi connectivity index (χ4n) is 2.85. The molecule has 0 bridgehead atoms. The van der Waals surface area contributed by atoms with Crippen molar-refractivity contribution in [2.45, 2.75) is 33.5 Å². The maximum Gasteiger partial charge on any atom is 0.226 e. The number of aromatic nitrogens is 1. The predicted octanol–water partition coefficient (Wildman–Crippen LogP) is 4.13. The molecule has 3 rings (SSSR count). The Morgan fingerprint density at radius 3 is 2.52 bits per heavy atom. The van der Waals surface area contributed by atoms with Crippen LogP contribution in [0.5, 0.6) is 0 Å². The molecule has 2 N–H and O–H groups in total. The Bertz CT molecular complexity index is 906. The molecule has 0 aliphatic heterocycles.